The zero-order valence-electron chi connectivity index (χ0n) is 18.0. The number of benzene rings is 1. The summed E-state index contributed by atoms with van der Waals surface area (Å²) in [6.45, 7) is 9.92. The Morgan fingerprint density at radius 2 is 2.03 bits per heavy atom. The van der Waals surface area contributed by atoms with Crippen LogP contribution in [0.5, 0.6) is 11.5 Å². The van der Waals surface area contributed by atoms with Crippen LogP contribution in [0.2, 0.25) is 0 Å². The van der Waals surface area contributed by atoms with Gasteiger partial charge in [-0.1, -0.05) is 0 Å². The van der Waals surface area contributed by atoms with Gasteiger partial charge in [0.15, 0.2) is 0 Å². The van der Waals surface area contributed by atoms with Crippen LogP contribution in [0.25, 0.3) is 0 Å². The largest absolute Gasteiger partial charge is 0.493 e. The topological polar surface area (TPSA) is 46.6 Å². The first-order valence-corrected chi connectivity index (χ1v) is 10.5. The fourth-order valence-corrected chi connectivity index (χ4v) is 4.37. The maximum Gasteiger partial charge on any atom is 0.143 e. The van der Waals surface area contributed by atoms with Crippen LogP contribution in [0.1, 0.15) is 42.8 Å². The van der Waals surface area contributed by atoms with Gasteiger partial charge in [0, 0.05) is 60.2 Å². The Hall–Kier alpha value is -1.99. The van der Waals surface area contributed by atoms with Crippen molar-refractivity contribution in [1.82, 2.24) is 9.88 Å². The summed E-state index contributed by atoms with van der Waals surface area (Å²) in [7, 11) is 0. The molecule has 1 saturated heterocycles. The zero-order chi connectivity index (χ0) is 20.4. The predicted octanol–water partition coefficient (Wildman–Crippen LogP) is 4.61. The molecule has 30 heavy (non-hydrogen) atoms. The highest BCUT2D eigenvalue weighted by molar-refractivity contribution is 7.59. The molecule has 2 aliphatic rings. The summed E-state index contributed by atoms with van der Waals surface area (Å²) in [5.74, 6) is 1.89. The molecule has 1 unspecified atom stereocenters. The van der Waals surface area contributed by atoms with Crippen LogP contribution in [0, 0.1) is 25.6 Å². The number of aryl methyl sites for hydroxylation is 2. The van der Waals surface area contributed by atoms with Gasteiger partial charge >= 0.3 is 0 Å². The molecular weight excluding hydrogens is 401 g/mol. The lowest BCUT2D eigenvalue weighted by atomic mass is 9.95. The number of hydrogen-bond donors (Lipinski definition) is 1. The van der Waals surface area contributed by atoms with Gasteiger partial charge in [0.05, 0.1) is 12.3 Å². The van der Waals surface area contributed by atoms with E-state index in [9.17, 15) is 4.39 Å². The minimum Gasteiger partial charge on any atom is -0.493 e. The number of pyridine rings is 1. The molecule has 1 fully saturated rings. The molecule has 7 heteroatoms. The second kappa shape index (κ2) is 9.88. The number of aromatic nitrogens is 1. The zero-order valence-corrected chi connectivity index (χ0v) is 19.0. The number of halogens is 1. The lowest BCUT2D eigenvalue weighted by Crippen LogP contribution is -2.39. The molecule has 1 aromatic heterocycles. The summed E-state index contributed by atoms with van der Waals surface area (Å²) < 4.78 is 26.6. The minimum atomic E-state index is -0.171. The molecule has 0 aliphatic carbocycles. The van der Waals surface area contributed by atoms with E-state index in [4.69, 9.17) is 9.47 Å². The van der Waals surface area contributed by atoms with Gasteiger partial charge in [-0.15, -0.1) is 0 Å². The Balaban J connectivity index is 0.00000256. The number of likely N-dealkylation sites (tertiary alicyclic amines) is 1. The fourth-order valence-electron chi connectivity index (χ4n) is 4.37. The molecule has 0 radical (unpaired) electrons. The molecule has 0 amide bonds. The van der Waals surface area contributed by atoms with E-state index in [1.165, 1.54) is 0 Å². The van der Waals surface area contributed by atoms with E-state index in [0.717, 1.165) is 54.5 Å². The smallest absolute Gasteiger partial charge is 0.143 e. The number of hydrogen-bond acceptors (Lipinski definition) is 5. The van der Waals surface area contributed by atoms with Crippen molar-refractivity contribution in [1.29, 1.82) is 0 Å². The summed E-state index contributed by atoms with van der Waals surface area (Å²) >= 11 is 0. The highest BCUT2D eigenvalue weighted by Gasteiger charge is 2.27. The summed E-state index contributed by atoms with van der Waals surface area (Å²) in [6.07, 6.45) is 2.23. The molecular formula is C23H32FN3O2S. The van der Waals surface area contributed by atoms with E-state index >= 15 is 0 Å². The summed E-state index contributed by atoms with van der Waals surface area (Å²) in [6, 6.07) is 7.39. The van der Waals surface area contributed by atoms with Crippen molar-refractivity contribution in [2.24, 2.45) is 5.92 Å². The number of anilines is 1. The molecule has 0 bridgehead atoms. The summed E-state index contributed by atoms with van der Waals surface area (Å²) in [4.78, 5) is 6.76. The average Bonchev–Trinajstić information content (AvgIpc) is 2.71. The van der Waals surface area contributed by atoms with Gasteiger partial charge in [-0.3, -0.25) is 9.88 Å². The monoisotopic (exact) mass is 433 g/mol. The normalized spacial score (nSPS) is 19.7. The van der Waals surface area contributed by atoms with Gasteiger partial charge in [-0.25, -0.2) is 4.39 Å². The van der Waals surface area contributed by atoms with E-state index in [1.807, 2.05) is 32.0 Å². The molecule has 3 heterocycles. The van der Waals surface area contributed by atoms with Gasteiger partial charge in [0.25, 0.3) is 0 Å². The summed E-state index contributed by atoms with van der Waals surface area (Å²) in [5.41, 5.74) is 3.39. The first-order valence-electron chi connectivity index (χ1n) is 10.5. The first-order chi connectivity index (χ1) is 14.0. The van der Waals surface area contributed by atoms with Crippen molar-refractivity contribution < 1.29 is 13.9 Å². The lowest BCUT2D eigenvalue weighted by Gasteiger charge is -2.37. The van der Waals surface area contributed by atoms with Crippen LogP contribution < -0.4 is 14.8 Å². The third-order valence-corrected chi connectivity index (χ3v) is 5.86. The van der Waals surface area contributed by atoms with Gasteiger partial charge in [0.1, 0.15) is 23.9 Å². The van der Waals surface area contributed by atoms with Gasteiger partial charge in [0.2, 0.25) is 0 Å². The molecule has 2 aromatic rings. The Morgan fingerprint density at radius 3 is 2.80 bits per heavy atom. The molecule has 2 atom stereocenters. The number of rotatable bonds is 5. The van der Waals surface area contributed by atoms with E-state index in [1.54, 1.807) is 6.07 Å². The molecule has 1 N–H and O–H groups in total. The fraction of sp³-hybridized carbons (Fsp3) is 0.522. The highest BCUT2D eigenvalue weighted by atomic mass is 32.1. The number of nitrogens with one attached hydrogen (secondary N) is 1. The Labute approximate surface area is 185 Å². The minimum absolute atomic E-state index is 0. The van der Waals surface area contributed by atoms with Crippen LogP contribution in [0.4, 0.5) is 10.1 Å². The molecule has 1 aromatic carbocycles. The quantitative estimate of drug-likeness (QED) is 0.746. The van der Waals surface area contributed by atoms with Crippen LogP contribution in [-0.4, -0.2) is 42.7 Å². The van der Waals surface area contributed by atoms with E-state index < -0.39 is 0 Å². The predicted molar refractivity (Wildman–Crippen MR) is 123 cm³/mol. The number of piperidine rings is 1. The maximum absolute atomic E-state index is 14.8. The SMILES string of the molecule is Cc1cc(OC[C@H]2CCCN(C(C)c3cc4c(cc3F)NCCO4)C2)cc(C)n1.S. The average molecular weight is 434 g/mol. The number of nitrogens with zero attached hydrogens (tertiary/aromatic N) is 2. The van der Waals surface area contributed by atoms with Crippen LogP contribution in [0.3, 0.4) is 0 Å². The molecule has 4 rings (SSSR count). The van der Waals surface area contributed by atoms with Crippen molar-refractivity contribution in [2.75, 3.05) is 38.2 Å². The van der Waals surface area contributed by atoms with Crippen molar-refractivity contribution in [2.45, 2.75) is 39.7 Å². The van der Waals surface area contributed by atoms with Crippen molar-refractivity contribution in [3.05, 3.63) is 47.0 Å². The second-order valence-electron chi connectivity index (χ2n) is 8.22. The second-order valence-corrected chi connectivity index (χ2v) is 8.22. The Kier molecular flexibility index (Phi) is 7.47. The Bertz CT molecular complexity index is 860. The third-order valence-electron chi connectivity index (χ3n) is 5.86. The number of ether oxygens (including phenoxy) is 2. The maximum atomic E-state index is 14.8. The van der Waals surface area contributed by atoms with Crippen LogP contribution in [0.15, 0.2) is 24.3 Å². The molecule has 164 valence electrons. The Morgan fingerprint density at radius 1 is 1.27 bits per heavy atom. The molecule has 5 nitrogen and oxygen atoms in total. The highest BCUT2D eigenvalue weighted by Crippen LogP contribution is 2.35. The summed E-state index contributed by atoms with van der Waals surface area (Å²) in [5, 5.41) is 3.20. The van der Waals surface area contributed by atoms with Gasteiger partial charge in [-0.05, 0) is 46.2 Å². The van der Waals surface area contributed by atoms with Gasteiger partial charge in [-0.2, -0.15) is 13.5 Å². The van der Waals surface area contributed by atoms with Gasteiger partial charge < -0.3 is 14.8 Å². The van der Waals surface area contributed by atoms with Crippen LogP contribution >= 0.6 is 13.5 Å². The van der Waals surface area contributed by atoms with E-state index in [0.29, 0.717) is 31.2 Å². The number of fused-ring (bicyclic) bond motifs is 1. The molecule has 0 spiro atoms. The van der Waals surface area contributed by atoms with E-state index in [2.05, 4.69) is 22.1 Å². The van der Waals surface area contributed by atoms with Crippen molar-refractivity contribution >= 4 is 19.2 Å². The van der Waals surface area contributed by atoms with Crippen molar-refractivity contribution in [3.63, 3.8) is 0 Å². The van der Waals surface area contributed by atoms with E-state index in [-0.39, 0.29) is 25.4 Å². The van der Waals surface area contributed by atoms with Crippen LogP contribution in [-0.2, 0) is 0 Å². The third kappa shape index (κ3) is 5.19. The lowest BCUT2D eigenvalue weighted by molar-refractivity contribution is 0.0992. The molecule has 2 aliphatic heterocycles. The standard InChI is InChI=1S/C23H30FN3O2.H2S/c1-15-9-19(10-16(2)26-15)29-14-18-5-4-7-27(13-18)17(3)20-11-23-22(12-21(20)24)25-6-8-28-23;/h9-12,17-18,25H,4-8,13-14H2,1-3H3;1H2/t17?,18-;/m0./s1. The van der Waals surface area contributed by atoms with Crippen molar-refractivity contribution in [3.8, 4) is 11.5 Å². The first kappa shape index (κ1) is 22.7. The molecule has 0 saturated carbocycles.